The van der Waals surface area contributed by atoms with E-state index in [-0.39, 0.29) is 17.4 Å². The van der Waals surface area contributed by atoms with Crippen molar-refractivity contribution in [2.24, 2.45) is 29.6 Å². The molecule has 1 saturated heterocycles. The number of aryl methyl sites for hydroxylation is 1. The largest absolute Gasteiger partial charge is 0.494 e. The van der Waals surface area contributed by atoms with E-state index < -0.39 is 0 Å². The van der Waals surface area contributed by atoms with Crippen LogP contribution in [0.25, 0.3) is 16.7 Å². The maximum Gasteiger partial charge on any atom is 0.257 e. The Morgan fingerprint density at radius 3 is 2.59 bits per heavy atom. The minimum Gasteiger partial charge on any atom is -0.494 e. The van der Waals surface area contributed by atoms with Crippen LogP contribution in [0, 0.1) is 36.5 Å². The summed E-state index contributed by atoms with van der Waals surface area (Å²) in [7, 11) is 1.65. The molecular weight excluding hydrogens is 741 g/mol. The average Bonchev–Trinajstić information content (AvgIpc) is 3.23. The number of nitrogens with one attached hydrogen (secondary N) is 3. The van der Waals surface area contributed by atoms with Crippen LogP contribution >= 0.6 is 0 Å². The van der Waals surface area contributed by atoms with E-state index in [1.54, 1.807) is 43.6 Å². The third kappa shape index (κ3) is 9.48. The van der Waals surface area contributed by atoms with Crippen molar-refractivity contribution < 1.29 is 14.3 Å². The number of methoxy groups -OCH3 is 1. The number of carbonyl (C=O) groups is 2. The fourth-order valence-corrected chi connectivity index (χ4v) is 10.7. The van der Waals surface area contributed by atoms with E-state index in [2.05, 4.69) is 43.4 Å². The van der Waals surface area contributed by atoms with Crippen LogP contribution < -0.4 is 31.1 Å². The maximum absolute atomic E-state index is 13.4. The Morgan fingerprint density at radius 1 is 0.932 bits per heavy atom. The molecule has 4 aromatic rings. The Morgan fingerprint density at radius 2 is 1.76 bits per heavy atom. The van der Waals surface area contributed by atoms with Crippen LogP contribution in [0.5, 0.6) is 5.75 Å². The van der Waals surface area contributed by atoms with Crippen LogP contribution in [0.15, 0.2) is 72.2 Å². The highest BCUT2D eigenvalue weighted by Gasteiger charge is 2.45. The number of fused-ring (bicyclic) bond motifs is 3. The number of pyridine rings is 1. The summed E-state index contributed by atoms with van der Waals surface area (Å²) >= 11 is 0. The van der Waals surface area contributed by atoms with Gasteiger partial charge in [0.05, 0.1) is 18.5 Å². The van der Waals surface area contributed by atoms with Crippen LogP contribution in [0.2, 0.25) is 0 Å². The second kappa shape index (κ2) is 18.4. The van der Waals surface area contributed by atoms with Gasteiger partial charge in [-0.3, -0.25) is 23.9 Å². The number of hydrogen-bond donors (Lipinski definition) is 3. The Hall–Kier alpha value is -5.23. The van der Waals surface area contributed by atoms with Crippen LogP contribution in [-0.2, 0) is 9.59 Å². The van der Waals surface area contributed by atoms with Crippen LogP contribution in [-0.4, -0.2) is 77.6 Å². The van der Waals surface area contributed by atoms with Crippen molar-refractivity contribution in [3.8, 4) is 11.4 Å². The number of piperazine rings is 1. The van der Waals surface area contributed by atoms with Crippen molar-refractivity contribution >= 4 is 45.9 Å². The number of rotatable bonds is 16. The second-order valence-corrected chi connectivity index (χ2v) is 17.4. The Labute approximate surface area is 347 Å². The normalized spacial score (nSPS) is 22.5. The first-order valence-electron chi connectivity index (χ1n) is 21.9. The molecule has 12 nitrogen and oxygen atoms in total. The van der Waals surface area contributed by atoms with Crippen molar-refractivity contribution in [2.45, 2.75) is 77.6 Å². The average molecular weight is 801 g/mol. The highest BCUT2D eigenvalue weighted by atomic mass is 16.5. The van der Waals surface area contributed by atoms with E-state index in [1.807, 2.05) is 19.1 Å². The highest BCUT2D eigenvalue weighted by Crippen LogP contribution is 2.55. The third-order valence-electron chi connectivity index (χ3n) is 13.6. The molecule has 0 spiro atoms. The molecule has 312 valence electrons. The summed E-state index contributed by atoms with van der Waals surface area (Å²) in [6, 6.07) is 14.7. The standard InChI is InChI=1S/C47H60N8O4/c1-4-43(56)50-36-10-9-11-38(28-36)55-45(58)22-31(2)40-30-49-47(52-46(40)55)51-41-15-13-37(29-42(41)59-3)54-20-18-53(19-21-54)17-8-6-5-7-16-48-44(57)27-35-26-33-23-32-12-14-39(35)34(24-32)25-33/h4,9-11,13,15,22,28-30,32-35,39H,1,5-8,12,14,16-21,23-27H2,2-3H3,(H,48,57)(H,50,56)(H,49,51,52). The molecule has 3 heterocycles. The first-order chi connectivity index (χ1) is 28.7. The maximum atomic E-state index is 13.4. The molecule has 5 atom stereocenters. The molecule has 8 rings (SSSR count). The minimum atomic E-state index is -0.341. The van der Waals surface area contributed by atoms with Gasteiger partial charge in [0.25, 0.3) is 5.56 Å². The van der Waals surface area contributed by atoms with Crippen molar-refractivity contribution in [3.63, 3.8) is 0 Å². The molecule has 2 aromatic carbocycles. The van der Waals surface area contributed by atoms with Crippen LogP contribution in [0.4, 0.5) is 23.0 Å². The molecule has 1 aliphatic heterocycles. The van der Waals surface area contributed by atoms with Gasteiger partial charge in [0.15, 0.2) is 5.65 Å². The molecule has 59 heavy (non-hydrogen) atoms. The van der Waals surface area contributed by atoms with Crippen molar-refractivity contribution in [2.75, 3.05) is 61.9 Å². The molecule has 12 heteroatoms. The first-order valence-corrected chi connectivity index (χ1v) is 21.9. The predicted octanol–water partition coefficient (Wildman–Crippen LogP) is 7.62. The van der Waals surface area contributed by atoms with E-state index in [0.717, 1.165) is 98.8 Å². The van der Waals surface area contributed by atoms with Gasteiger partial charge >= 0.3 is 0 Å². The molecule has 4 fully saturated rings. The van der Waals surface area contributed by atoms with E-state index in [9.17, 15) is 14.4 Å². The zero-order valence-corrected chi connectivity index (χ0v) is 34.8. The minimum absolute atomic E-state index is 0.247. The van der Waals surface area contributed by atoms with Crippen LogP contribution in [0.3, 0.4) is 0 Å². The topological polar surface area (TPSA) is 134 Å². The van der Waals surface area contributed by atoms with Gasteiger partial charge in [0.2, 0.25) is 17.8 Å². The summed E-state index contributed by atoms with van der Waals surface area (Å²) in [5.41, 5.74) is 3.86. The number of ether oxygens (including phenoxy) is 1. The second-order valence-electron chi connectivity index (χ2n) is 17.4. The molecule has 3 bridgehead atoms. The molecule has 3 aliphatic carbocycles. The number of hydrogen-bond acceptors (Lipinski definition) is 9. The zero-order chi connectivity index (χ0) is 40.9. The van der Waals surface area contributed by atoms with Gasteiger partial charge in [-0.1, -0.05) is 31.9 Å². The Kier molecular flexibility index (Phi) is 12.6. The van der Waals surface area contributed by atoms with Gasteiger partial charge in [0, 0.05) is 74.2 Å². The Bertz CT molecular complexity index is 2210. The number of unbranched alkanes of at least 4 members (excludes halogenated alkanes) is 3. The van der Waals surface area contributed by atoms with Gasteiger partial charge in [-0.25, -0.2) is 4.98 Å². The van der Waals surface area contributed by atoms with Crippen molar-refractivity contribution in [3.05, 3.63) is 83.3 Å². The van der Waals surface area contributed by atoms with Gasteiger partial charge in [0.1, 0.15) is 5.75 Å². The Balaban J connectivity index is 0.795. The van der Waals surface area contributed by atoms with Gasteiger partial charge < -0.3 is 25.6 Å². The summed E-state index contributed by atoms with van der Waals surface area (Å²) in [4.78, 5) is 52.5. The van der Waals surface area contributed by atoms with Crippen LogP contribution in [0.1, 0.15) is 76.2 Å². The lowest BCUT2D eigenvalue weighted by atomic mass is 9.54. The molecule has 2 aromatic heterocycles. The highest BCUT2D eigenvalue weighted by molar-refractivity contribution is 5.99. The lowest BCUT2D eigenvalue weighted by Gasteiger charge is -2.52. The number of aromatic nitrogens is 3. The van der Waals surface area contributed by atoms with Gasteiger partial charge in [-0.2, -0.15) is 4.98 Å². The molecule has 0 radical (unpaired) electrons. The lowest BCUT2D eigenvalue weighted by molar-refractivity contribution is -0.124. The number of anilines is 4. The number of amides is 2. The predicted molar refractivity (Wildman–Crippen MR) is 235 cm³/mol. The van der Waals surface area contributed by atoms with E-state index in [0.29, 0.717) is 40.3 Å². The fraction of sp³-hybridized carbons (Fsp3) is 0.511. The monoisotopic (exact) mass is 800 g/mol. The SMILES string of the molecule is C=CC(=O)Nc1cccc(-n2c(=O)cc(C)c3cnc(Nc4ccc(N5CCN(CCCCCCNC(=O)CC6CC7CC8CCC6C(C8)C7)CC5)cc4OC)nc32)c1. The molecule has 4 aliphatic rings. The summed E-state index contributed by atoms with van der Waals surface area (Å²) in [6.45, 7) is 11.2. The smallest absolute Gasteiger partial charge is 0.257 e. The van der Waals surface area contributed by atoms with Crippen molar-refractivity contribution in [1.29, 1.82) is 0 Å². The number of carbonyl (C=O) groups excluding carboxylic acids is 2. The summed E-state index contributed by atoms with van der Waals surface area (Å²) < 4.78 is 7.35. The molecule has 5 unspecified atom stereocenters. The van der Waals surface area contributed by atoms with Gasteiger partial charge in [-0.15, -0.1) is 0 Å². The zero-order valence-electron chi connectivity index (χ0n) is 34.8. The lowest BCUT2D eigenvalue weighted by Crippen LogP contribution is -2.46. The van der Waals surface area contributed by atoms with Crippen molar-refractivity contribution in [1.82, 2.24) is 24.8 Å². The van der Waals surface area contributed by atoms with E-state index in [1.165, 1.54) is 62.0 Å². The summed E-state index contributed by atoms with van der Waals surface area (Å²) in [6.07, 6.45) is 16.7. The third-order valence-corrected chi connectivity index (χ3v) is 13.6. The fourth-order valence-electron chi connectivity index (χ4n) is 10.7. The van der Waals surface area contributed by atoms with Gasteiger partial charge in [-0.05, 0) is 130 Å². The number of nitrogens with zero attached hydrogens (tertiary/aromatic N) is 5. The summed E-state index contributed by atoms with van der Waals surface area (Å²) in [5, 5.41) is 10.1. The first kappa shape index (κ1) is 40.5. The molecule has 3 N–H and O–H groups in total. The molecular formula is C47H60N8O4. The molecule has 2 amide bonds. The van der Waals surface area contributed by atoms with E-state index >= 15 is 0 Å². The van der Waals surface area contributed by atoms with E-state index in [4.69, 9.17) is 9.72 Å². The quantitative estimate of drug-likeness (QED) is 0.0774. The number of benzene rings is 2. The summed E-state index contributed by atoms with van der Waals surface area (Å²) in [5.74, 6) is 5.17. The molecule has 3 saturated carbocycles.